The van der Waals surface area contributed by atoms with Crippen LogP contribution in [-0.4, -0.2) is 39.0 Å². The third-order valence-electron chi connectivity index (χ3n) is 6.26. The lowest BCUT2D eigenvalue weighted by atomic mass is 9.98. The Bertz CT molecular complexity index is 1200. The van der Waals surface area contributed by atoms with E-state index in [-0.39, 0.29) is 23.9 Å². The van der Waals surface area contributed by atoms with Gasteiger partial charge in [0.05, 0.1) is 5.56 Å². The molecule has 0 aromatic heterocycles. The van der Waals surface area contributed by atoms with E-state index in [1.54, 1.807) is 24.3 Å². The van der Waals surface area contributed by atoms with Crippen molar-refractivity contribution in [2.45, 2.75) is 59.0 Å². The molecule has 3 aromatic rings. The van der Waals surface area contributed by atoms with Crippen LogP contribution in [0, 0.1) is 5.92 Å². The minimum Gasteiger partial charge on any atom is -0.480 e. The van der Waals surface area contributed by atoms with Crippen molar-refractivity contribution in [1.82, 2.24) is 4.90 Å². The predicted molar refractivity (Wildman–Crippen MR) is 137 cm³/mol. The van der Waals surface area contributed by atoms with Gasteiger partial charge in [0.2, 0.25) is 5.91 Å². The van der Waals surface area contributed by atoms with Crippen molar-refractivity contribution >= 4 is 28.6 Å². The Morgan fingerprint density at radius 2 is 1.46 bits per heavy atom. The van der Waals surface area contributed by atoms with E-state index in [1.807, 2.05) is 50.2 Å². The lowest BCUT2D eigenvalue weighted by Gasteiger charge is -2.32. The summed E-state index contributed by atoms with van der Waals surface area (Å²) in [7, 11) is 0. The third-order valence-corrected chi connectivity index (χ3v) is 6.26. The molecule has 0 fully saturated rings. The van der Waals surface area contributed by atoms with Crippen LogP contribution in [0.5, 0.6) is 0 Å². The van der Waals surface area contributed by atoms with E-state index in [9.17, 15) is 19.5 Å². The summed E-state index contributed by atoms with van der Waals surface area (Å²) in [6, 6.07) is 17.8. The van der Waals surface area contributed by atoms with Crippen LogP contribution in [0.4, 0.5) is 0 Å². The number of aliphatic carboxylic acids is 1. The number of amides is 1. The lowest BCUT2D eigenvalue weighted by molar-refractivity contribution is -0.153. The normalized spacial score (nSPS) is 12.0. The third kappa shape index (κ3) is 6.47. The molecule has 0 saturated heterocycles. The van der Waals surface area contributed by atoms with Crippen LogP contribution in [0.25, 0.3) is 21.9 Å². The van der Waals surface area contributed by atoms with Gasteiger partial charge in [-0.1, -0.05) is 70.0 Å². The summed E-state index contributed by atoms with van der Waals surface area (Å²) in [5.74, 6) is -2.27. The molecule has 2 N–H and O–H groups in total. The average molecular weight is 476 g/mol. The Hall–Kier alpha value is -3.67. The van der Waals surface area contributed by atoms with Gasteiger partial charge in [-0.2, -0.15) is 0 Å². The summed E-state index contributed by atoms with van der Waals surface area (Å²) >= 11 is 0. The Morgan fingerprint density at radius 1 is 0.829 bits per heavy atom. The average Bonchev–Trinajstić information content (AvgIpc) is 2.83. The minimum atomic E-state index is -0.983. The number of fused-ring (bicyclic) bond motifs is 1. The summed E-state index contributed by atoms with van der Waals surface area (Å²) in [5.41, 5.74) is 3.02. The Labute approximate surface area is 206 Å². The number of unbranched alkanes of at least 4 members (excludes halogenated alkanes) is 2. The second-order valence-corrected chi connectivity index (χ2v) is 9.28. The van der Waals surface area contributed by atoms with Crippen molar-refractivity contribution < 1.29 is 24.6 Å². The number of carboxylic acid groups (broad SMARTS) is 2. The van der Waals surface area contributed by atoms with E-state index in [0.717, 1.165) is 46.7 Å². The highest BCUT2D eigenvalue weighted by atomic mass is 16.4. The first-order valence-corrected chi connectivity index (χ1v) is 12.1. The Kier molecular flexibility index (Phi) is 8.63. The molecule has 1 atom stereocenters. The summed E-state index contributed by atoms with van der Waals surface area (Å²) in [5, 5.41) is 20.9. The first-order valence-electron chi connectivity index (χ1n) is 12.1. The quantitative estimate of drug-likeness (QED) is 0.321. The summed E-state index contributed by atoms with van der Waals surface area (Å²) in [6.07, 6.45) is 3.04. The van der Waals surface area contributed by atoms with Gasteiger partial charge in [0.25, 0.3) is 0 Å². The molecule has 0 spiro atoms. The zero-order valence-corrected chi connectivity index (χ0v) is 20.5. The van der Waals surface area contributed by atoms with E-state index in [4.69, 9.17) is 5.11 Å². The Balaban J connectivity index is 1.87. The van der Waals surface area contributed by atoms with Crippen molar-refractivity contribution in [2.24, 2.45) is 5.92 Å². The number of aromatic carboxylic acids is 1. The SMILES string of the molecule is CCCCCC(=O)N(Cc1ccc2cc(-c3ccc(C(=O)O)cc3)ccc2c1)C(C(=O)O)C(C)C. The highest BCUT2D eigenvalue weighted by Gasteiger charge is 2.32. The van der Waals surface area contributed by atoms with Crippen LogP contribution >= 0.6 is 0 Å². The molecule has 0 bridgehead atoms. The van der Waals surface area contributed by atoms with Gasteiger partial charge in [-0.05, 0) is 64.1 Å². The van der Waals surface area contributed by atoms with E-state index >= 15 is 0 Å². The van der Waals surface area contributed by atoms with Crippen LogP contribution in [-0.2, 0) is 16.1 Å². The molecule has 35 heavy (non-hydrogen) atoms. The van der Waals surface area contributed by atoms with E-state index in [1.165, 1.54) is 4.90 Å². The molecule has 1 unspecified atom stereocenters. The van der Waals surface area contributed by atoms with Crippen molar-refractivity contribution in [2.75, 3.05) is 0 Å². The molecule has 3 aromatic carbocycles. The van der Waals surface area contributed by atoms with E-state index < -0.39 is 18.0 Å². The summed E-state index contributed by atoms with van der Waals surface area (Å²) in [4.78, 5) is 37.7. The summed E-state index contributed by atoms with van der Waals surface area (Å²) in [6.45, 7) is 5.97. The molecule has 0 heterocycles. The fourth-order valence-corrected chi connectivity index (χ4v) is 4.36. The van der Waals surface area contributed by atoms with Crippen molar-refractivity contribution in [1.29, 1.82) is 0 Å². The maximum absolute atomic E-state index is 13.0. The second kappa shape index (κ2) is 11.6. The van der Waals surface area contributed by atoms with Crippen LogP contribution in [0.2, 0.25) is 0 Å². The van der Waals surface area contributed by atoms with Crippen LogP contribution in [0.3, 0.4) is 0 Å². The monoisotopic (exact) mass is 475 g/mol. The molecule has 0 saturated carbocycles. The topological polar surface area (TPSA) is 94.9 Å². The summed E-state index contributed by atoms with van der Waals surface area (Å²) < 4.78 is 0. The minimum absolute atomic E-state index is 0.125. The number of benzene rings is 3. The molecule has 1 amide bonds. The smallest absolute Gasteiger partial charge is 0.335 e. The second-order valence-electron chi connectivity index (χ2n) is 9.28. The van der Waals surface area contributed by atoms with Crippen molar-refractivity contribution in [3.63, 3.8) is 0 Å². The number of rotatable bonds is 11. The predicted octanol–water partition coefficient (Wildman–Crippen LogP) is 6.22. The molecule has 0 radical (unpaired) electrons. The highest BCUT2D eigenvalue weighted by molar-refractivity contribution is 5.90. The number of carboxylic acids is 2. The zero-order valence-electron chi connectivity index (χ0n) is 20.5. The van der Waals surface area contributed by atoms with Gasteiger partial charge in [0.1, 0.15) is 6.04 Å². The molecule has 184 valence electrons. The molecule has 0 aliphatic carbocycles. The molecule has 6 nitrogen and oxygen atoms in total. The molecular formula is C29H33NO5. The number of carbonyl (C=O) groups excluding carboxylic acids is 1. The maximum Gasteiger partial charge on any atom is 0.335 e. The highest BCUT2D eigenvalue weighted by Crippen LogP contribution is 2.27. The number of carbonyl (C=O) groups is 3. The van der Waals surface area contributed by atoms with Gasteiger partial charge in [0, 0.05) is 13.0 Å². The van der Waals surface area contributed by atoms with Crippen molar-refractivity contribution in [3.8, 4) is 11.1 Å². The van der Waals surface area contributed by atoms with Gasteiger partial charge in [0.15, 0.2) is 0 Å². The van der Waals surface area contributed by atoms with E-state index in [0.29, 0.717) is 6.42 Å². The molecule has 0 aliphatic heterocycles. The van der Waals surface area contributed by atoms with Gasteiger partial charge >= 0.3 is 11.9 Å². The lowest BCUT2D eigenvalue weighted by Crippen LogP contribution is -2.47. The van der Waals surface area contributed by atoms with Gasteiger partial charge in [-0.15, -0.1) is 0 Å². The zero-order chi connectivity index (χ0) is 25.5. The Morgan fingerprint density at radius 3 is 2.06 bits per heavy atom. The van der Waals surface area contributed by atoms with Crippen molar-refractivity contribution in [3.05, 3.63) is 71.8 Å². The molecular weight excluding hydrogens is 442 g/mol. The van der Waals surface area contributed by atoms with E-state index in [2.05, 4.69) is 6.92 Å². The standard InChI is InChI=1S/C29H33NO5/c1-4-5-6-7-26(31)30(27(19(2)3)29(34)35)18-20-8-9-25-17-24(15-14-23(25)16-20)21-10-12-22(13-11-21)28(32)33/h8-17,19,27H,4-7,18H2,1-3H3,(H,32,33)(H,34,35). The van der Waals surface area contributed by atoms with Gasteiger partial charge in [-0.3, -0.25) is 4.79 Å². The number of hydrogen-bond acceptors (Lipinski definition) is 3. The maximum atomic E-state index is 13.0. The van der Waals surface area contributed by atoms with Crippen LogP contribution in [0.1, 0.15) is 62.4 Å². The largest absolute Gasteiger partial charge is 0.480 e. The van der Waals surface area contributed by atoms with Crippen LogP contribution < -0.4 is 0 Å². The molecule has 0 aliphatic rings. The molecule has 3 rings (SSSR count). The van der Waals surface area contributed by atoms with Crippen LogP contribution in [0.15, 0.2) is 60.7 Å². The number of hydrogen-bond donors (Lipinski definition) is 2. The fraction of sp³-hybridized carbons (Fsp3) is 0.345. The van der Waals surface area contributed by atoms with Gasteiger partial charge in [-0.25, -0.2) is 9.59 Å². The first kappa shape index (κ1) is 25.9. The first-order chi connectivity index (χ1) is 16.7. The molecule has 6 heteroatoms. The van der Waals surface area contributed by atoms with Gasteiger partial charge < -0.3 is 15.1 Å². The fourth-order valence-electron chi connectivity index (χ4n) is 4.36. The number of nitrogens with zero attached hydrogens (tertiary/aromatic N) is 1.